The molecule has 1 aliphatic rings. The fourth-order valence-corrected chi connectivity index (χ4v) is 3.19. The summed E-state index contributed by atoms with van der Waals surface area (Å²) in [5.41, 5.74) is 5.76. The molecule has 0 saturated carbocycles. The predicted molar refractivity (Wildman–Crippen MR) is 75.6 cm³/mol. The number of nitrogens with zero attached hydrogens (tertiary/aromatic N) is 3. The van der Waals surface area contributed by atoms with E-state index in [0.29, 0.717) is 5.13 Å². The molecule has 2 rings (SSSR count). The Bertz CT molecular complexity index is 474. The molecule has 1 fully saturated rings. The Labute approximate surface area is 120 Å². The van der Waals surface area contributed by atoms with Crippen molar-refractivity contribution in [3.05, 3.63) is 4.88 Å². The van der Waals surface area contributed by atoms with E-state index in [2.05, 4.69) is 9.88 Å². The van der Waals surface area contributed by atoms with Gasteiger partial charge in [-0.15, -0.1) is 0 Å². The largest absolute Gasteiger partial charge is 0.382 e. The van der Waals surface area contributed by atoms with Crippen LogP contribution in [0.4, 0.5) is 19.7 Å². The summed E-state index contributed by atoms with van der Waals surface area (Å²) in [7, 11) is 1.34. The molecule has 1 saturated heterocycles. The monoisotopic (exact) mass is 304 g/mol. The zero-order valence-corrected chi connectivity index (χ0v) is 12.1. The van der Waals surface area contributed by atoms with Crippen LogP contribution >= 0.6 is 11.3 Å². The maximum Gasteiger partial charge on any atom is 0.267 e. The number of amides is 1. The van der Waals surface area contributed by atoms with Crippen LogP contribution in [0.3, 0.4) is 0 Å². The molecular formula is C12H18F2N4OS. The molecule has 1 aliphatic heterocycles. The molecule has 0 aliphatic carbocycles. The first-order valence-electron chi connectivity index (χ1n) is 6.54. The minimum absolute atomic E-state index is 0.127. The summed E-state index contributed by atoms with van der Waals surface area (Å²) < 4.78 is 24.6. The van der Waals surface area contributed by atoms with Gasteiger partial charge >= 0.3 is 0 Å². The van der Waals surface area contributed by atoms with Crippen LogP contribution in [-0.4, -0.2) is 48.9 Å². The summed E-state index contributed by atoms with van der Waals surface area (Å²) >= 11 is 1.18. The first-order valence-corrected chi connectivity index (χ1v) is 7.35. The number of carbonyl (C=O) groups is 1. The molecule has 1 aromatic rings. The molecule has 0 unspecified atom stereocenters. The van der Waals surface area contributed by atoms with Crippen LogP contribution in [0.5, 0.6) is 0 Å². The van der Waals surface area contributed by atoms with Crippen LogP contribution in [0.15, 0.2) is 0 Å². The normalized spacial score (nSPS) is 15.7. The highest BCUT2D eigenvalue weighted by atomic mass is 32.1. The van der Waals surface area contributed by atoms with Gasteiger partial charge in [-0.25, -0.2) is 13.8 Å². The predicted octanol–water partition coefficient (Wildman–Crippen LogP) is 2.05. The molecule has 2 heterocycles. The van der Waals surface area contributed by atoms with Crippen molar-refractivity contribution in [3.63, 3.8) is 0 Å². The van der Waals surface area contributed by atoms with Crippen molar-refractivity contribution < 1.29 is 13.6 Å². The van der Waals surface area contributed by atoms with Gasteiger partial charge in [-0.05, 0) is 19.3 Å². The van der Waals surface area contributed by atoms with Crippen molar-refractivity contribution in [2.75, 3.05) is 37.3 Å². The van der Waals surface area contributed by atoms with Crippen molar-refractivity contribution in [2.45, 2.75) is 25.7 Å². The summed E-state index contributed by atoms with van der Waals surface area (Å²) in [5, 5.41) is 0.705. The topological polar surface area (TPSA) is 62.5 Å². The Morgan fingerprint density at radius 1 is 1.45 bits per heavy atom. The number of anilines is 2. The molecule has 8 heteroatoms. The van der Waals surface area contributed by atoms with Crippen molar-refractivity contribution in [1.82, 2.24) is 9.88 Å². The highest BCUT2D eigenvalue weighted by Gasteiger charge is 2.24. The fraction of sp³-hybridized carbons (Fsp3) is 0.667. The van der Waals surface area contributed by atoms with Crippen LogP contribution < -0.4 is 10.6 Å². The van der Waals surface area contributed by atoms with Gasteiger partial charge in [0.15, 0.2) is 5.13 Å². The van der Waals surface area contributed by atoms with Gasteiger partial charge in [0.25, 0.3) is 12.3 Å². The van der Waals surface area contributed by atoms with Crippen molar-refractivity contribution in [3.8, 4) is 0 Å². The molecule has 0 atom stereocenters. The number of nitrogens with two attached hydrogens (primary N) is 1. The van der Waals surface area contributed by atoms with Crippen LogP contribution in [0.2, 0.25) is 0 Å². The Balaban J connectivity index is 2.12. The lowest BCUT2D eigenvalue weighted by Crippen LogP contribution is -2.31. The number of thiazole rings is 1. The minimum Gasteiger partial charge on any atom is -0.382 e. The van der Waals surface area contributed by atoms with Gasteiger partial charge in [-0.3, -0.25) is 4.79 Å². The van der Waals surface area contributed by atoms with Crippen LogP contribution in [0.25, 0.3) is 0 Å². The first kappa shape index (κ1) is 15.0. The number of hydrogen-bond acceptors (Lipinski definition) is 5. The molecule has 1 aromatic heterocycles. The standard InChI is InChI=1S/C12H18F2N4OS/c1-17(7-8(13)14)11(19)9-10(15)16-12(20-9)18-5-3-2-4-6-18/h8H,2-7,15H2,1H3. The number of aromatic nitrogens is 1. The Morgan fingerprint density at radius 3 is 2.70 bits per heavy atom. The highest BCUT2D eigenvalue weighted by molar-refractivity contribution is 7.18. The number of halogens is 2. The molecule has 1 amide bonds. The smallest absolute Gasteiger partial charge is 0.267 e. The summed E-state index contributed by atoms with van der Waals surface area (Å²) in [6.45, 7) is 1.19. The fourth-order valence-electron chi connectivity index (χ4n) is 2.16. The van der Waals surface area contributed by atoms with Crippen LogP contribution in [0, 0.1) is 0 Å². The number of nitrogen functional groups attached to an aromatic ring is 1. The molecular weight excluding hydrogens is 286 g/mol. The Hall–Kier alpha value is -1.44. The van der Waals surface area contributed by atoms with Crippen LogP contribution in [-0.2, 0) is 0 Å². The summed E-state index contributed by atoms with van der Waals surface area (Å²) in [5.74, 6) is -0.370. The van der Waals surface area contributed by atoms with Gasteiger partial charge in [0, 0.05) is 20.1 Å². The second kappa shape index (κ2) is 6.34. The number of piperidine rings is 1. The lowest BCUT2D eigenvalue weighted by atomic mass is 10.1. The van der Waals surface area contributed by atoms with Gasteiger partial charge in [0.2, 0.25) is 0 Å². The van der Waals surface area contributed by atoms with E-state index in [1.165, 1.54) is 24.8 Å². The SMILES string of the molecule is CN(CC(F)F)C(=O)c1sc(N2CCCCC2)nc1N. The maximum absolute atomic E-state index is 12.3. The average molecular weight is 304 g/mol. The van der Waals surface area contributed by atoms with Crippen molar-refractivity contribution >= 4 is 28.2 Å². The molecule has 5 nitrogen and oxygen atoms in total. The van der Waals surface area contributed by atoms with E-state index in [0.717, 1.165) is 30.8 Å². The Morgan fingerprint density at radius 2 is 2.10 bits per heavy atom. The zero-order valence-electron chi connectivity index (χ0n) is 11.3. The van der Waals surface area contributed by atoms with E-state index in [-0.39, 0.29) is 10.7 Å². The molecule has 0 spiro atoms. The van der Waals surface area contributed by atoms with Crippen molar-refractivity contribution in [2.24, 2.45) is 0 Å². The summed E-state index contributed by atoms with van der Waals surface area (Å²) in [6.07, 6.45) is 0.821. The molecule has 0 bridgehead atoms. The molecule has 112 valence electrons. The van der Waals surface area contributed by atoms with Gasteiger partial charge in [-0.1, -0.05) is 11.3 Å². The van der Waals surface area contributed by atoms with Gasteiger partial charge in [-0.2, -0.15) is 0 Å². The third-order valence-corrected chi connectivity index (χ3v) is 4.34. The molecule has 20 heavy (non-hydrogen) atoms. The third kappa shape index (κ3) is 3.36. The van der Waals surface area contributed by atoms with E-state index >= 15 is 0 Å². The highest BCUT2D eigenvalue weighted by Crippen LogP contribution is 2.30. The number of carbonyl (C=O) groups excluding carboxylic acids is 1. The van der Waals surface area contributed by atoms with E-state index in [1.807, 2.05) is 0 Å². The van der Waals surface area contributed by atoms with Gasteiger partial charge < -0.3 is 15.5 Å². The molecule has 2 N–H and O–H groups in total. The second-order valence-electron chi connectivity index (χ2n) is 4.84. The van der Waals surface area contributed by atoms with E-state index in [1.54, 1.807) is 0 Å². The number of rotatable bonds is 4. The van der Waals surface area contributed by atoms with E-state index in [4.69, 9.17) is 5.73 Å². The molecule has 0 radical (unpaired) electrons. The van der Waals surface area contributed by atoms with E-state index in [9.17, 15) is 13.6 Å². The summed E-state index contributed by atoms with van der Waals surface area (Å²) in [6, 6.07) is 0. The average Bonchev–Trinajstić information content (AvgIpc) is 2.80. The van der Waals surface area contributed by atoms with Gasteiger partial charge in [0.1, 0.15) is 10.7 Å². The lowest BCUT2D eigenvalue weighted by Gasteiger charge is -2.25. The first-order chi connectivity index (χ1) is 9.49. The zero-order chi connectivity index (χ0) is 14.7. The van der Waals surface area contributed by atoms with Crippen LogP contribution in [0.1, 0.15) is 28.9 Å². The van der Waals surface area contributed by atoms with Gasteiger partial charge in [0.05, 0.1) is 6.54 Å². The lowest BCUT2D eigenvalue weighted by molar-refractivity contribution is 0.0625. The van der Waals surface area contributed by atoms with E-state index < -0.39 is 18.9 Å². The second-order valence-corrected chi connectivity index (χ2v) is 5.81. The maximum atomic E-state index is 12.3. The number of alkyl halides is 2. The summed E-state index contributed by atoms with van der Waals surface area (Å²) in [4.78, 5) is 19.6. The minimum atomic E-state index is -2.56. The number of hydrogen-bond donors (Lipinski definition) is 1. The third-order valence-electron chi connectivity index (χ3n) is 3.22. The quantitative estimate of drug-likeness (QED) is 0.925. The van der Waals surface area contributed by atoms with Crippen molar-refractivity contribution in [1.29, 1.82) is 0 Å². The molecule has 0 aromatic carbocycles. The Kier molecular flexibility index (Phi) is 4.74.